The summed E-state index contributed by atoms with van der Waals surface area (Å²) >= 11 is 0. The van der Waals surface area contributed by atoms with Gasteiger partial charge in [0.25, 0.3) is 0 Å². The van der Waals surface area contributed by atoms with Gasteiger partial charge in [-0.05, 0) is 78.0 Å². The SMILES string of the molecule is CC(C)S(=O)(=O)Cc1cc(N[C@@H](C)CO)nc(-c2ccc(NC(=O)NC3CCN(C)CC3)cc2)n1. The summed E-state index contributed by atoms with van der Waals surface area (Å²) in [7, 11) is -1.29. The molecule has 3 rings (SSSR count). The Hall–Kier alpha value is -2.76. The topological polar surface area (TPSA) is 137 Å². The Morgan fingerprint density at radius 1 is 1.14 bits per heavy atom. The standard InChI is InChI=1S/C24H36N6O4S/c1-16(2)35(33,34)15-21-13-22(25-17(3)14-31)29-23(26-21)18-5-7-19(8-6-18)27-24(32)28-20-9-11-30(4)12-10-20/h5-8,13,16-17,20,31H,9-12,14-15H2,1-4H3,(H,25,26,29)(H2,27,28,32)/t17-/m0/s1. The number of aliphatic hydroxyl groups excluding tert-OH is 1. The molecule has 35 heavy (non-hydrogen) atoms. The van der Waals surface area contributed by atoms with Crippen molar-refractivity contribution >= 4 is 27.4 Å². The minimum absolute atomic E-state index is 0.0983. The summed E-state index contributed by atoms with van der Waals surface area (Å²) in [6.45, 7) is 6.90. The number of rotatable bonds is 9. The molecule has 4 N–H and O–H groups in total. The largest absolute Gasteiger partial charge is 0.394 e. The zero-order valence-electron chi connectivity index (χ0n) is 20.8. The molecule has 0 unspecified atom stereocenters. The van der Waals surface area contributed by atoms with E-state index < -0.39 is 15.1 Å². The van der Waals surface area contributed by atoms with Crippen molar-refractivity contribution in [3.05, 3.63) is 36.0 Å². The molecule has 1 aliphatic rings. The first-order chi connectivity index (χ1) is 16.6. The summed E-state index contributed by atoms with van der Waals surface area (Å²) < 4.78 is 24.9. The van der Waals surface area contributed by atoms with Crippen molar-refractivity contribution in [2.45, 2.75) is 56.7 Å². The van der Waals surface area contributed by atoms with E-state index in [4.69, 9.17) is 0 Å². The second-order valence-electron chi connectivity index (χ2n) is 9.41. The molecule has 0 radical (unpaired) electrons. The van der Waals surface area contributed by atoms with Gasteiger partial charge in [-0.1, -0.05) is 0 Å². The van der Waals surface area contributed by atoms with Crippen molar-refractivity contribution in [3.8, 4) is 11.4 Å². The molecule has 10 nitrogen and oxygen atoms in total. The summed E-state index contributed by atoms with van der Waals surface area (Å²) in [6, 6.07) is 8.33. The molecule has 0 spiro atoms. The fourth-order valence-corrected chi connectivity index (χ4v) is 4.55. The van der Waals surface area contributed by atoms with Crippen LogP contribution in [-0.2, 0) is 15.6 Å². The summed E-state index contributed by atoms with van der Waals surface area (Å²) in [4.78, 5) is 23.6. The Morgan fingerprint density at radius 3 is 2.40 bits per heavy atom. The number of nitrogens with zero attached hydrogens (tertiary/aromatic N) is 3. The maximum Gasteiger partial charge on any atom is 0.319 e. The van der Waals surface area contributed by atoms with Crippen LogP contribution in [0.25, 0.3) is 11.4 Å². The maximum atomic E-state index is 12.5. The third-order valence-corrected chi connectivity index (χ3v) is 8.10. The van der Waals surface area contributed by atoms with Crippen LogP contribution in [0.3, 0.4) is 0 Å². The molecular weight excluding hydrogens is 468 g/mol. The van der Waals surface area contributed by atoms with E-state index >= 15 is 0 Å². The van der Waals surface area contributed by atoms with E-state index in [1.807, 2.05) is 0 Å². The average molecular weight is 505 g/mol. The van der Waals surface area contributed by atoms with Gasteiger partial charge in [-0.15, -0.1) is 0 Å². The highest BCUT2D eigenvalue weighted by molar-refractivity contribution is 7.91. The number of sulfone groups is 1. The number of likely N-dealkylation sites (tertiary alicyclic amines) is 1. The number of aromatic nitrogens is 2. The van der Waals surface area contributed by atoms with Gasteiger partial charge in [0.05, 0.1) is 23.3 Å². The lowest BCUT2D eigenvalue weighted by atomic mass is 10.1. The number of aliphatic hydroxyl groups is 1. The van der Waals surface area contributed by atoms with Crippen molar-refractivity contribution in [2.24, 2.45) is 0 Å². The molecule has 2 amide bonds. The minimum Gasteiger partial charge on any atom is -0.394 e. The van der Waals surface area contributed by atoms with E-state index in [1.54, 1.807) is 51.1 Å². The fraction of sp³-hybridized carbons (Fsp3) is 0.542. The van der Waals surface area contributed by atoms with Crippen LogP contribution < -0.4 is 16.0 Å². The zero-order valence-corrected chi connectivity index (χ0v) is 21.6. The van der Waals surface area contributed by atoms with E-state index in [-0.39, 0.29) is 30.5 Å². The molecule has 1 atom stereocenters. The average Bonchev–Trinajstić information content (AvgIpc) is 2.80. The third kappa shape index (κ3) is 7.87. The molecule has 1 aromatic carbocycles. The number of urea groups is 1. The van der Waals surface area contributed by atoms with E-state index in [0.29, 0.717) is 28.6 Å². The highest BCUT2D eigenvalue weighted by atomic mass is 32.2. The first-order valence-corrected chi connectivity index (χ1v) is 13.6. The second kappa shape index (κ2) is 11.8. The maximum absolute atomic E-state index is 12.5. The number of nitrogens with one attached hydrogen (secondary N) is 3. The van der Waals surface area contributed by atoms with Crippen LogP contribution in [0.2, 0.25) is 0 Å². The first-order valence-electron chi connectivity index (χ1n) is 11.9. The number of hydrogen-bond acceptors (Lipinski definition) is 8. The lowest BCUT2D eigenvalue weighted by Gasteiger charge is -2.29. The molecule has 11 heteroatoms. The second-order valence-corrected chi connectivity index (χ2v) is 12.0. The summed E-state index contributed by atoms with van der Waals surface area (Å²) in [6.07, 6.45) is 1.85. The number of anilines is 2. The molecule has 2 aromatic rings. The molecule has 1 aliphatic heterocycles. The monoisotopic (exact) mass is 504 g/mol. The third-order valence-electron chi connectivity index (χ3n) is 5.97. The van der Waals surface area contributed by atoms with E-state index in [9.17, 15) is 18.3 Å². The number of carbonyl (C=O) groups excluding carboxylic acids is 1. The van der Waals surface area contributed by atoms with Crippen LogP contribution in [-0.4, -0.2) is 78.5 Å². The molecule has 2 heterocycles. The van der Waals surface area contributed by atoms with Gasteiger partial charge < -0.3 is 26.0 Å². The number of hydrogen-bond donors (Lipinski definition) is 4. The fourth-order valence-electron chi connectivity index (χ4n) is 3.65. The number of carbonyl (C=O) groups is 1. The molecule has 0 saturated carbocycles. The van der Waals surface area contributed by atoms with Crippen molar-refractivity contribution in [2.75, 3.05) is 37.4 Å². The summed E-state index contributed by atoms with van der Waals surface area (Å²) in [5, 5.41) is 17.8. The van der Waals surface area contributed by atoms with Gasteiger partial charge in [-0.2, -0.15) is 0 Å². The van der Waals surface area contributed by atoms with Gasteiger partial charge in [-0.25, -0.2) is 23.2 Å². The van der Waals surface area contributed by atoms with Gasteiger partial charge in [0, 0.05) is 29.4 Å². The van der Waals surface area contributed by atoms with Gasteiger partial charge in [0.1, 0.15) is 5.82 Å². The van der Waals surface area contributed by atoms with Gasteiger partial charge in [0.2, 0.25) is 0 Å². The quantitative estimate of drug-likeness (QED) is 0.409. The van der Waals surface area contributed by atoms with Crippen LogP contribution >= 0.6 is 0 Å². The minimum atomic E-state index is -3.36. The number of benzene rings is 1. The first kappa shape index (κ1) is 26.8. The highest BCUT2D eigenvalue weighted by Gasteiger charge is 2.20. The van der Waals surface area contributed by atoms with Crippen molar-refractivity contribution < 1.29 is 18.3 Å². The van der Waals surface area contributed by atoms with Gasteiger partial charge >= 0.3 is 6.03 Å². The molecule has 0 aliphatic carbocycles. The van der Waals surface area contributed by atoms with E-state index in [2.05, 4.69) is 37.9 Å². The van der Waals surface area contributed by atoms with Crippen LogP contribution in [0, 0.1) is 0 Å². The molecular formula is C24H36N6O4S. The molecule has 1 aromatic heterocycles. The highest BCUT2D eigenvalue weighted by Crippen LogP contribution is 2.22. The Morgan fingerprint density at radius 2 is 1.80 bits per heavy atom. The van der Waals surface area contributed by atoms with Gasteiger partial charge in [0.15, 0.2) is 15.7 Å². The normalized spacial score (nSPS) is 16.2. The smallest absolute Gasteiger partial charge is 0.319 e. The van der Waals surface area contributed by atoms with Crippen LogP contribution in [0.1, 0.15) is 39.3 Å². The van der Waals surface area contributed by atoms with Crippen molar-refractivity contribution in [1.82, 2.24) is 20.2 Å². The Balaban J connectivity index is 1.75. The predicted octanol–water partition coefficient (Wildman–Crippen LogP) is 2.48. The van der Waals surface area contributed by atoms with Gasteiger partial charge in [-0.3, -0.25) is 0 Å². The molecule has 0 bridgehead atoms. The van der Waals surface area contributed by atoms with Crippen molar-refractivity contribution in [1.29, 1.82) is 0 Å². The summed E-state index contributed by atoms with van der Waals surface area (Å²) in [5.74, 6) is 0.584. The number of amides is 2. The lowest BCUT2D eigenvalue weighted by molar-refractivity contribution is 0.221. The number of piperidine rings is 1. The Bertz CT molecular complexity index is 1100. The van der Waals surface area contributed by atoms with Crippen molar-refractivity contribution in [3.63, 3.8) is 0 Å². The Labute approximate surface area is 207 Å². The lowest BCUT2D eigenvalue weighted by Crippen LogP contribution is -2.44. The van der Waals surface area contributed by atoms with Crippen LogP contribution in [0.4, 0.5) is 16.3 Å². The van der Waals surface area contributed by atoms with Crippen LogP contribution in [0.5, 0.6) is 0 Å². The van der Waals surface area contributed by atoms with Crippen LogP contribution in [0.15, 0.2) is 30.3 Å². The summed E-state index contributed by atoms with van der Waals surface area (Å²) in [5.41, 5.74) is 1.68. The zero-order chi connectivity index (χ0) is 25.6. The van der Waals surface area contributed by atoms with E-state index in [1.165, 1.54) is 0 Å². The molecule has 1 fully saturated rings. The molecule has 1 saturated heterocycles. The predicted molar refractivity (Wildman–Crippen MR) is 138 cm³/mol. The Kier molecular flexibility index (Phi) is 9.03. The van der Waals surface area contributed by atoms with E-state index in [0.717, 1.165) is 25.9 Å². The molecule has 192 valence electrons.